The maximum Gasteiger partial charge on any atom is 0.373 e. The molecule has 0 aliphatic carbocycles. The Labute approximate surface area is 166 Å². The van der Waals surface area contributed by atoms with Crippen molar-refractivity contribution in [2.45, 2.75) is 12.8 Å². The van der Waals surface area contributed by atoms with E-state index in [9.17, 15) is 9.59 Å². The second-order valence-electron chi connectivity index (χ2n) is 5.78. The Bertz CT molecular complexity index is 1000. The van der Waals surface area contributed by atoms with E-state index in [4.69, 9.17) is 21.2 Å². The highest BCUT2D eigenvalue weighted by atomic mass is 35.5. The van der Waals surface area contributed by atoms with Gasteiger partial charge in [0.1, 0.15) is 0 Å². The highest BCUT2D eigenvalue weighted by Crippen LogP contribution is 2.19. The van der Waals surface area contributed by atoms with Crippen LogP contribution in [0.5, 0.6) is 0 Å². The molecule has 0 fully saturated rings. The lowest BCUT2D eigenvalue weighted by Gasteiger charge is -2.07. The van der Waals surface area contributed by atoms with Gasteiger partial charge in [0.25, 0.3) is 0 Å². The number of pyridine rings is 1. The standard InChI is InChI=1S/C20H17ClN2O2.CO2/c21-17-2-1-3-18(12-17)23-20(25)10-6-14-4-7-15(8-5-14)16-9-11-19(24)22-13-16;2-1-3/h1-5,7-9,11-13H,6,10H2,(H,22,24)(H,23,25);. The van der Waals surface area contributed by atoms with Gasteiger partial charge in [0, 0.05) is 29.4 Å². The third kappa shape index (κ3) is 6.68. The number of nitrogens with one attached hydrogen (secondary N) is 2. The minimum Gasteiger partial charge on any atom is -0.328 e. The lowest BCUT2D eigenvalue weighted by Crippen LogP contribution is -2.12. The first-order valence-electron chi connectivity index (χ1n) is 8.34. The molecule has 0 aliphatic rings. The normalized spacial score (nSPS) is 9.61. The number of amides is 1. The highest BCUT2D eigenvalue weighted by Gasteiger charge is 2.04. The van der Waals surface area contributed by atoms with E-state index in [1.165, 1.54) is 6.07 Å². The van der Waals surface area contributed by atoms with Crippen molar-refractivity contribution in [2.75, 3.05) is 5.32 Å². The van der Waals surface area contributed by atoms with E-state index in [1.807, 2.05) is 30.3 Å². The van der Waals surface area contributed by atoms with Crippen molar-refractivity contribution >= 4 is 29.3 Å². The van der Waals surface area contributed by atoms with Crippen LogP contribution in [0, 0.1) is 0 Å². The molecular weight excluding hydrogens is 380 g/mol. The van der Waals surface area contributed by atoms with Gasteiger partial charge in [-0.05, 0) is 47.4 Å². The maximum absolute atomic E-state index is 12.0. The highest BCUT2D eigenvalue weighted by molar-refractivity contribution is 6.30. The summed E-state index contributed by atoms with van der Waals surface area (Å²) in [7, 11) is 0. The van der Waals surface area contributed by atoms with Gasteiger partial charge in [-0.3, -0.25) is 9.59 Å². The summed E-state index contributed by atoms with van der Waals surface area (Å²) in [6.07, 6.45) is 2.98. The summed E-state index contributed by atoms with van der Waals surface area (Å²) in [5.41, 5.74) is 3.62. The zero-order valence-electron chi connectivity index (χ0n) is 14.8. The Balaban J connectivity index is 0.000000878. The van der Waals surface area contributed by atoms with E-state index in [2.05, 4.69) is 10.3 Å². The summed E-state index contributed by atoms with van der Waals surface area (Å²) in [6, 6.07) is 18.3. The smallest absolute Gasteiger partial charge is 0.328 e. The molecule has 0 bridgehead atoms. The number of aryl methyl sites for hydroxylation is 1. The molecule has 1 aromatic heterocycles. The summed E-state index contributed by atoms with van der Waals surface area (Å²) in [4.78, 5) is 42.0. The second-order valence-corrected chi connectivity index (χ2v) is 6.22. The topological polar surface area (TPSA) is 96.1 Å². The third-order valence-electron chi connectivity index (χ3n) is 3.82. The molecule has 0 saturated heterocycles. The van der Waals surface area contributed by atoms with Gasteiger partial charge in [0.2, 0.25) is 11.5 Å². The zero-order valence-corrected chi connectivity index (χ0v) is 15.5. The Kier molecular flexibility index (Phi) is 7.91. The predicted octanol–water partition coefficient (Wildman–Crippen LogP) is 3.68. The van der Waals surface area contributed by atoms with Gasteiger partial charge < -0.3 is 10.3 Å². The minimum atomic E-state index is -0.119. The predicted molar refractivity (Wildman–Crippen MR) is 106 cm³/mol. The minimum absolute atomic E-state index is 0.0491. The molecule has 142 valence electrons. The van der Waals surface area contributed by atoms with Crippen LogP contribution in [-0.4, -0.2) is 17.0 Å². The van der Waals surface area contributed by atoms with E-state index in [0.29, 0.717) is 23.6 Å². The monoisotopic (exact) mass is 396 g/mol. The lowest BCUT2D eigenvalue weighted by atomic mass is 10.0. The number of anilines is 1. The number of aromatic amines is 1. The number of carbonyl (C=O) groups excluding carboxylic acids is 3. The zero-order chi connectivity index (χ0) is 20.4. The largest absolute Gasteiger partial charge is 0.373 e. The summed E-state index contributed by atoms with van der Waals surface area (Å²) in [5, 5.41) is 3.43. The van der Waals surface area contributed by atoms with Crippen LogP contribution in [0.25, 0.3) is 11.1 Å². The molecule has 7 heteroatoms. The Morgan fingerprint density at radius 3 is 2.29 bits per heavy atom. The number of carbonyl (C=O) groups is 1. The summed E-state index contributed by atoms with van der Waals surface area (Å²) < 4.78 is 0. The molecule has 0 aliphatic heterocycles. The molecule has 2 N–H and O–H groups in total. The van der Waals surface area contributed by atoms with Crippen LogP contribution in [0.1, 0.15) is 12.0 Å². The van der Waals surface area contributed by atoms with Crippen molar-refractivity contribution in [3.63, 3.8) is 0 Å². The second kappa shape index (κ2) is 10.6. The van der Waals surface area contributed by atoms with Crippen molar-refractivity contribution in [1.29, 1.82) is 0 Å². The van der Waals surface area contributed by atoms with E-state index < -0.39 is 0 Å². The number of hydrogen-bond acceptors (Lipinski definition) is 4. The average Bonchev–Trinajstić information content (AvgIpc) is 2.68. The lowest BCUT2D eigenvalue weighted by molar-refractivity contribution is -0.191. The fourth-order valence-corrected chi connectivity index (χ4v) is 2.69. The fraction of sp³-hybridized carbons (Fsp3) is 0.0952. The van der Waals surface area contributed by atoms with Gasteiger partial charge in [-0.2, -0.15) is 9.59 Å². The van der Waals surface area contributed by atoms with Crippen molar-refractivity contribution < 1.29 is 14.4 Å². The first-order chi connectivity index (χ1) is 13.5. The molecular formula is C21H17ClN2O4. The molecule has 0 spiro atoms. The number of aromatic nitrogens is 1. The van der Waals surface area contributed by atoms with Gasteiger partial charge in [0.05, 0.1) is 0 Å². The molecule has 3 rings (SSSR count). The van der Waals surface area contributed by atoms with Gasteiger partial charge in [-0.15, -0.1) is 0 Å². The van der Waals surface area contributed by atoms with Crippen molar-refractivity contribution in [3.05, 3.63) is 87.8 Å². The molecule has 0 radical (unpaired) electrons. The number of hydrogen-bond donors (Lipinski definition) is 2. The first-order valence-corrected chi connectivity index (χ1v) is 8.72. The Hall–Kier alpha value is -3.47. The van der Waals surface area contributed by atoms with E-state index in [0.717, 1.165) is 16.7 Å². The molecule has 6 nitrogen and oxygen atoms in total. The first kappa shape index (κ1) is 20.8. The molecule has 0 unspecified atom stereocenters. The van der Waals surface area contributed by atoms with Crippen molar-refractivity contribution in [3.8, 4) is 11.1 Å². The van der Waals surface area contributed by atoms with Gasteiger partial charge in [-0.1, -0.05) is 41.9 Å². The summed E-state index contributed by atoms with van der Waals surface area (Å²) in [5.74, 6) is -0.0491. The van der Waals surface area contributed by atoms with Crippen LogP contribution in [0.15, 0.2) is 71.7 Å². The van der Waals surface area contributed by atoms with Crippen LogP contribution >= 0.6 is 11.6 Å². The summed E-state index contributed by atoms with van der Waals surface area (Å²) in [6.45, 7) is 0. The van der Waals surface area contributed by atoms with E-state index >= 15 is 0 Å². The molecule has 3 aromatic rings. The molecule has 1 heterocycles. The number of H-pyrrole nitrogens is 1. The van der Waals surface area contributed by atoms with E-state index in [-0.39, 0.29) is 17.6 Å². The number of halogens is 1. The maximum atomic E-state index is 12.0. The van der Waals surface area contributed by atoms with Crippen LogP contribution < -0.4 is 10.9 Å². The summed E-state index contributed by atoms with van der Waals surface area (Å²) >= 11 is 5.90. The molecule has 2 aromatic carbocycles. The molecule has 0 atom stereocenters. The van der Waals surface area contributed by atoms with Gasteiger partial charge >= 0.3 is 6.15 Å². The fourth-order valence-electron chi connectivity index (χ4n) is 2.50. The quantitative estimate of drug-likeness (QED) is 0.687. The van der Waals surface area contributed by atoms with Crippen LogP contribution in [0.4, 0.5) is 5.69 Å². The number of rotatable bonds is 5. The van der Waals surface area contributed by atoms with Gasteiger partial charge in [-0.25, -0.2) is 0 Å². The average molecular weight is 397 g/mol. The molecule has 28 heavy (non-hydrogen) atoms. The van der Waals surface area contributed by atoms with Crippen LogP contribution in [0.2, 0.25) is 5.02 Å². The number of benzene rings is 2. The van der Waals surface area contributed by atoms with Crippen molar-refractivity contribution in [1.82, 2.24) is 4.98 Å². The third-order valence-corrected chi connectivity index (χ3v) is 4.06. The Morgan fingerprint density at radius 2 is 1.68 bits per heavy atom. The van der Waals surface area contributed by atoms with E-state index in [1.54, 1.807) is 30.5 Å². The Morgan fingerprint density at radius 1 is 1.00 bits per heavy atom. The molecule has 0 saturated carbocycles. The van der Waals surface area contributed by atoms with Gasteiger partial charge in [0.15, 0.2) is 0 Å². The van der Waals surface area contributed by atoms with Crippen LogP contribution in [-0.2, 0) is 20.8 Å². The molecule has 1 amide bonds. The SMILES string of the molecule is O=C(CCc1ccc(-c2ccc(=O)[nH]c2)cc1)Nc1cccc(Cl)c1.O=C=O. The van der Waals surface area contributed by atoms with Crippen molar-refractivity contribution in [2.24, 2.45) is 0 Å². The van der Waals surface area contributed by atoms with Crippen LogP contribution in [0.3, 0.4) is 0 Å².